The van der Waals surface area contributed by atoms with Crippen molar-refractivity contribution in [3.63, 3.8) is 0 Å². The monoisotopic (exact) mass is 248 g/mol. The maximum atomic E-state index is 11.8. The quantitative estimate of drug-likeness (QED) is 0.768. The highest BCUT2D eigenvalue weighted by Gasteiger charge is 2.26. The van der Waals surface area contributed by atoms with Gasteiger partial charge in [-0.15, -0.1) is 0 Å². The summed E-state index contributed by atoms with van der Waals surface area (Å²) in [6, 6.07) is 0.127. The molecule has 16 heavy (non-hydrogen) atoms. The lowest BCUT2D eigenvalue weighted by Crippen LogP contribution is -2.43. The zero-order chi connectivity index (χ0) is 12.2. The third-order valence-electron chi connectivity index (χ3n) is 3.62. The number of sulfonamides is 1. The highest BCUT2D eigenvalue weighted by molar-refractivity contribution is 7.90. The summed E-state index contributed by atoms with van der Waals surface area (Å²) < 4.78 is 26.4. The van der Waals surface area contributed by atoms with Crippen molar-refractivity contribution >= 4 is 10.0 Å². The van der Waals surface area contributed by atoms with E-state index in [0.29, 0.717) is 0 Å². The first-order chi connectivity index (χ1) is 7.49. The van der Waals surface area contributed by atoms with Crippen LogP contribution >= 0.6 is 0 Å². The van der Waals surface area contributed by atoms with Gasteiger partial charge in [0, 0.05) is 12.6 Å². The molecule has 4 nitrogen and oxygen atoms in total. The summed E-state index contributed by atoms with van der Waals surface area (Å²) in [5.74, 6) is 0.785. The summed E-state index contributed by atoms with van der Waals surface area (Å²) in [6.07, 6.45) is 5.42. The van der Waals surface area contributed by atoms with Gasteiger partial charge in [-0.1, -0.05) is 13.3 Å². The van der Waals surface area contributed by atoms with Crippen LogP contribution in [-0.2, 0) is 10.0 Å². The Morgan fingerprint density at radius 2 is 1.88 bits per heavy atom. The summed E-state index contributed by atoms with van der Waals surface area (Å²) in [4.78, 5) is 0. The van der Waals surface area contributed by atoms with Crippen LogP contribution in [0.4, 0.5) is 0 Å². The molecule has 1 aliphatic carbocycles. The van der Waals surface area contributed by atoms with Crippen molar-refractivity contribution in [3.8, 4) is 0 Å². The number of rotatable bonds is 5. The Hall–Kier alpha value is -0.130. The van der Waals surface area contributed by atoms with Crippen molar-refractivity contribution in [1.82, 2.24) is 4.72 Å². The Morgan fingerprint density at radius 3 is 2.31 bits per heavy atom. The predicted octanol–water partition coefficient (Wildman–Crippen LogP) is 1.22. The Labute approximate surface area is 99.0 Å². The summed E-state index contributed by atoms with van der Waals surface area (Å²) in [5, 5.41) is -0.489. The normalized spacial score (nSPS) is 28.9. The lowest BCUT2D eigenvalue weighted by molar-refractivity contribution is 0.306. The van der Waals surface area contributed by atoms with Crippen molar-refractivity contribution in [2.24, 2.45) is 11.7 Å². The average molecular weight is 248 g/mol. The van der Waals surface area contributed by atoms with E-state index in [1.165, 1.54) is 6.42 Å². The molecule has 96 valence electrons. The van der Waals surface area contributed by atoms with Gasteiger partial charge in [-0.25, -0.2) is 13.1 Å². The molecule has 0 bridgehead atoms. The fourth-order valence-corrected chi connectivity index (χ4v) is 3.35. The third kappa shape index (κ3) is 3.71. The van der Waals surface area contributed by atoms with E-state index in [2.05, 4.69) is 11.6 Å². The Bertz CT molecular complexity index is 295. The molecule has 1 fully saturated rings. The van der Waals surface area contributed by atoms with E-state index in [-0.39, 0.29) is 12.6 Å². The lowest BCUT2D eigenvalue weighted by atomic mass is 9.85. The van der Waals surface area contributed by atoms with E-state index in [1.54, 1.807) is 6.92 Å². The highest BCUT2D eigenvalue weighted by Crippen LogP contribution is 2.26. The van der Waals surface area contributed by atoms with Gasteiger partial charge in [0.2, 0.25) is 10.0 Å². The lowest BCUT2D eigenvalue weighted by Gasteiger charge is -2.29. The van der Waals surface area contributed by atoms with Crippen molar-refractivity contribution in [3.05, 3.63) is 0 Å². The molecule has 0 saturated heterocycles. The molecule has 1 atom stereocenters. The van der Waals surface area contributed by atoms with Gasteiger partial charge < -0.3 is 5.73 Å². The molecule has 0 aliphatic heterocycles. The van der Waals surface area contributed by atoms with E-state index in [9.17, 15) is 8.42 Å². The first-order valence-corrected chi connectivity index (χ1v) is 7.75. The van der Waals surface area contributed by atoms with Gasteiger partial charge in [-0.3, -0.25) is 0 Å². The number of hydrogen-bond donors (Lipinski definition) is 2. The van der Waals surface area contributed by atoms with Gasteiger partial charge in [0.25, 0.3) is 0 Å². The van der Waals surface area contributed by atoms with E-state index < -0.39 is 15.3 Å². The topological polar surface area (TPSA) is 72.2 Å². The van der Waals surface area contributed by atoms with Gasteiger partial charge in [0.15, 0.2) is 0 Å². The molecule has 5 heteroatoms. The highest BCUT2D eigenvalue weighted by atomic mass is 32.2. The average Bonchev–Trinajstić information content (AvgIpc) is 2.28. The van der Waals surface area contributed by atoms with Crippen molar-refractivity contribution < 1.29 is 8.42 Å². The Balaban J connectivity index is 2.45. The van der Waals surface area contributed by atoms with Crippen molar-refractivity contribution in [1.29, 1.82) is 0 Å². The van der Waals surface area contributed by atoms with Gasteiger partial charge >= 0.3 is 0 Å². The molecule has 1 saturated carbocycles. The molecule has 0 heterocycles. The van der Waals surface area contributed by atoms with Crippen LogP contribution < -0.4 is 10.5 Å². The van der Waals surface area contributed by atoms with Crippen LogP contribution in [0.5, 0.6) is 0 Å². The molecule has 0 aromatic rings. The summed E-state index contributed by atoms with van der Waals surface area (Å²) >= 11 is 0. The van der Waals surface area contributed by atoms with Crippen molar-refractivity contribution in [2.75, 3.05) is 6.54 Å². The number of nitrogens with one attached hydrogen (secondary N) is 1. The second-order valence-corrected chi connectivity index (χ2v) is 6.97. The number of nitrogens with two attached hydrogens (primary N) is 1. The molecule has 0 spiro atoms. The molecule has 3 N–H and O–H groups in total. The second kappa shape index (κ2) is 5.98. The molecule has 0 amide bonds. The maximum absolute atomic E-state index is 11.8. The van der Waals surface area contributed by atoms with Crippen LogP contribution in [0.25, 0.3) is 0 Å². The Kier molecular flexibility index (Phi) is 5.21. The molecule has 0 aromatic heterocycles. The molecular weight excluding hydrogens is 224 g/mol. The molecule has 1 unspecified atom stereocenters. The second-order valence-electron chi connectivity index (χ2n) is 4.84. The third-order valence-corrected chi connectivity index (χ3v) is 5.53. The summed E-state index contributed by atoms with van der Waals surface area (Å²) in [5.41, 5.74) is 5.39. The van der Waals surface area contributed by atoms with Gasteiger partial charge in [0.1, 0.15) is 0 Å². The van der Waals surface area contributed by atoms with Crippen LogP contribution in [0.3, 0.4) is 0 Å². The van der Waals surface area contributed by atoms with Crippen LogP contribution in [-0.4, -0.2) is 26.3 Å². The van der Waals surface area contributed by atoms with Crippen LogP contribution in [0.1, 0.15) is 46.0 Å². The van der Waals surface area contributed by atoms with Crippen LogP contribution in [0.15, 0.2) is 0 Å². The predicted molar refractivity (Wildman–Crippen MR) is 66.6 cm³/mol. The molecule has 1 rings (SSSR count). The minimum absolute atomic E-state index is 0.127. The SMILES string of the molecule is CCC1CCC(NS(=O)(=O)C(C)CN)CC1. The molecule has 0 radical (unpaired) electrons. The number of hydrogen-bond acceptors (Lipinski definition) is 3. The minimum atomic E-state index is -3.21. The van der Waals surface area contributed by atoms with Gasteiger partial charge in [-0.2, -0.15) is 0 Å². The van der Waals surface area contributed by atoms with Crippen molar-refractivity contribution in [2.45, 2.75) is 57.2 Å². The first kappa shape index (κ1) is 13.9. The Morgan fingerprint density at radius 1 is 1.31 bits per heavy atom. The molecule has 0 aromatic carbocycles. The van der Waals surface area contributed by atoms with E-state index in [1.807, 2.05) is 0 Å². The molecule has 1 aliphatic rings. The maximum Gasteiger partial charge on any atom is 0.215 e. The van der Waals surface area contributed by atoms with E-state index in [0.717, 1.165) is 31.6 Å². The zero-order valence-electron chi connectivity index (χ0n) is 10.3. The smallest absolute Gasteiger partial charge is 0.215 e. The van der Waals surface area contributed by atoms with Gasteiger partial charge in [-0.05, 0) is 38.5 Å². The summed E-state index contributed by atoms with van der Waals surface area (Å²) in [6.45, 7) is 4.03. The van der Waals surface area contributed by atoms with E-state index in [4.69, 9.17) is 5.73 Å². The fourth-order valence-electron chi connectivity index (χ4n) is 2.16. The van der Waals surface area contributed by atoms with Crippen LogP contribution in [0.2, 0.25) is 0 Å². The largest absolute Gasteiger partial charge is 0.329 e. The van der Waals surface area contributed by atoms with E-state index >= 15 is 0 Å². The first-order valence-electron chi connectivity index (χ1n) is 6.20. The van der Waals surface area contributed by atoms with Gasteiger partial charge in [0.05, 0.1) is 5.25 Å². The zero-order valence-corrected chi connectivity index (χ0v) is 11.1. The molecular formula is C11H24N2O2S. The summed E-state index contributed by atoms with van der Waals surface area (Å²) in [7, 11) is -3.21. The fraction of sp³-hybridized carbons (Fsp3) is 1.00. The van der Waals surface area contributed by atoms with Crippen LogP contribution in [0, 0.1) is 5.92 Å². The minimum Gasteiger partial charge on any atom is -0.329 e. The standard InChI is InChI=1S/C11H24N2O2S/c1-3-10-4-6-11(7-5-10)13-16(14,15)9(2)8-12/h9-11,13H,3-8,12H2,1-2H3.